The number of anilines is 1. The summed E-state index contributed by atoms with van der Waals surface area (Å²) in [7, 11) is 0. The second kappa shape index (κ2) is 5.18. The van der Waals surface area contributed by atoms with Crippen LogP contribution >= 0.6 is 0 Å². The molecule has 5 heteroatoms. The van der Waals surface area contributed by atoms with E-state index < -0.39 is 0 Å². The molecule has 1 aromatic carbocycles. The molecule has 5 nitrogen and oxygen atoms in total. The van der Waals surface area contributed by atoms with Gasteiger partial charge in [0, 0.05) is 31.6 Å². The molecule has 0 spiro atoms. The lowest BCUT2D eigenvalue weighted by molar-refractivity contribution is 0.574. The Balaban J connectivity index is 1.90. The lowest BCUT2D eigenvalue weighted by Gasteiger charge is -2.29. The molecule has 1 N–H and O–H groups in total. The fourth-order valence-electron chi connectivity index (χ4n) is 2.69. The fraction of sp³-hybridized carbons (Fsp3) is 0.250. The van der Waals surface area contributed by atoms with Crippen molar-refractivity contribution in [2.24, 2.45) is 0 Å². The van der Waals surface area contributed by atoms with Gasteiger partial charge in [-0.1, -0.05) is 12.1 Å². The van der Waals surface area contributed by atoms with Gasteiger partial charge in [0.2, 0.25) is 0 Å². The fourth-order valence-corrected chi connectivity index (χ4v) is 2.69. The van der Waals surface area contributed by atoms with Gasteiger partial charge in [0.05, 0.1) is 11.8 Å². The van der Waals surface area contributed by atoms with Crippen molar-refractivity contribution in [3.63, 3.8) is 0 Å². The van der Waals surface area contributed by atoms with Crippen molar-refractivity contribution in [1.82, 2.24) is 15.3 Å². The first kappa shape index (κ1) is 12.3. The number of benzene rings is 1. The summed E-state index contributed by atoms with van der Waals surface area (Å²) in [6.07, 6.45) is 1.65. The number of piperazine rings is 1. The van der Waals surface area contributed by atoms with Crippen molar-refractivity contribution in [2.45, 2.75) is 0 Å². The van der Waals surface area contributed by atoms with Crippen LogP contribution in [0.2, 0.25) is 0 Å². The molecule has 0 saturated carbocycles. The Morgan fingerprint density at radius 2 is 1.86 bits per heavy atom. The Morgan fingerprint density at radius 1 is 1.00 bits per heavy atom. The molecule has 0 bridgehead atoms. The van der Waals surface area contributed by atoms with E-state index in [1.165, 1.54) is 0 Å². The predicted octanol–water partition coefficient (Wildman–Crippen LogP) is 2.30. The van der Waals surface area contributed by atoms with Crippen molar-refractivity contribution < 1.29 is 4.42 Å². The van der Waals surface area contributed by atoms with E-state index in [9.17, 15) is 0 Å². The Bertz CT molecular complexity index is 748. The second-order valence-electron chi connectivity index (χ2n) is 5.10. The van der Waals surface area contributed by atoms with E-state index in [4.69, 9.17) is 9.40 Å². The molecule has 0 unspecified atom stereocenters. The van der Waals surface area contributed by atoms with Gasteiger partial charge in [-0.2, -0.15) is 0 Å². The number of hydrogen-bond donors (Lipinski definition) is 1. The van der Waals surface area contributed by atoms with Gasteiger partial charge in [-0.15, -0.1) is 0 Å². The van der Waals surface area contributed by atoms with E-state index in [1.807, 2.05) is 30.3 Å². The first-order valence-corrected chi connectivity index (χ1v) is 7.18. The van der Waals surface area contributed by atoms with Crippen LogP contribution in [0.15, 0.2) is 47.1 Å². The molecule has 0 aliphatic carbocycles. The third kappa shape index (κ3) is 2.25. The maximum absolute atomic E-state index is 5.45. The van der Waals surface area contributed by atoms with Gasteiger partial charge >= 0.3 is 0 Å². The van der Waals surface area contributed by atoms with Gasteiger partial charge in [0.1, 0.15) is 5.82 Å². The topological polar surface area (TPSA) is 54.2 Å². The standard InChI is InChI=1S/C16H16N4O/c1-2-5-13-12(4-1)16(20-9-7-17-8-10-20)19-15(18-13)14-6-3-11-21-14/h1-6,11,17H,7-10H2. The average Bonchev–Trinajstić information content (AvgIpc) is 3.09. The molecule has 2 aromatic heterocycles. The van der Waals surface area contributed by atoms with Gasteiger partial charge in [-0.25, -0.2) is 9.97 Å². The van der Waals surface area contributed by atoms with Crippen molar-refractivity contribution >= 4 is 16.7 Å². The summed E-state index contributed by atoms with van der Waals surface area (Å²) in [5.74, 6) is 2.35. The van der Waals surface area contributed by atoms with Crippen molar-refractivity contribution in [3.8, 4) is 11.6 Å². The normalized spacial score (nSPS) is 15.5. The number of fused-ring (bicyclic) bond motifs is 1. The Hall–Kier alpha value is -2.40. The summed E-state index contributed by atoms with van der Waals surface area (Å²) in [5.41, 5.74) is 0.951. The monoisotopic (exact) mass is 280 g/mol. The van der Waals surface area contributed by atoms with E-state index >= 15 is 0 Å². The largest absolute Gasteiger partial charge is 0.461 e. The molecule has 0 radical (unpaired) electrons. The molecule has 1 saturated heterocycles. The van der Waals surface area contributed by atoms with E-state index in [0.717, 1.165) is 42.9 Å². The minimum absolute atomic E-state index is 0.646. The highest BCUT2D eigenvalue weighted by molar-refractivity contribution is 5.90. The van der Waals surface area contributed by atoms with Gasteiger partial charge in [-0.05, 0) is 24.3 Å². The molecule has 1 aliphatic rings. The van der Waals surface area contributed by atoms with Crippen LogP contribution in [0.4, 0.5) is 5.82 Å². The summed E-state index contributed by atoms with van der Waals surface area (Å²) < 4.78 is 5.45. The smallest absolute Gasteiger partial charge is 0.198 e. The maximum Gasteiger partial charge on any atom is 0.198 e. The number of nitrogens with zero attached hydrogens (tertiary/aromatic N) is 3. The lowest BCUT2D eigenvalue weighted by atomic mass is 10.2. The van der Waals surface area contributed by atoms with Crippen LogP contribution in [0.25, 0.3) is 22.5 Å². The summed E-state index contributed by atoms with van der Waals surface area (Å²) in [6.45, 7) is 3.88. The van der Waals surface area contributed by atoms with Crippen LogP contribution in [0, 0.1) is 0 Å². The van der Waals surface area contributed by atoms with Crippen molar-refractivity contribution in [1.29, 1.82) is 0 Å². The SMILES string of the molecule is c1coc(-c2nc(N3CCNCC3)c3ccccc3n2)c1. The zero-order chi connectivity index (χ0) is 14.1. The van der Waals surface area contributed by atoms with Crippen molar-refractivity contribution in [3.05, 3.63) is 42.7 Å². The van der Waals surface area contributed by atoms with Crippen LogP contribution in [-0.4, -0.2) is 36.1 Å². The molecule has 0 atom stereocenters. The minimum Gasteiger partial charge on any atom is -0.461 e. The summed E-state index contributed by atoms with van der Waals surface area (Å²) in [6, 6.07) is 11.9. The van der Waals surface area contributed by atoms with Crippen LogP contribution in [-0.2, 0) is 0 Å². The van der Waals surface area contributed by atoms with Gasteiger partial charge < -0.3 is 14.6 Å². The third-order valence-electron chi connectivity index (χ3n) is 3.74. The summed E-state index contributed by atoms with van der Waals surface area (Å²) in [4.78, 5) is 11.7. The van der Waals surface area contributed by atoms with Gasteiger partial charge in [-0.3, -0.25) is 0 Å². The average molecular weight is 280 g/mol. The first-order chi connectivity index (χ1) is 10.4. The summed E-state index contributed by atoms with van der Waals surface area (Å²) >= 11 is 0. The zero-order valence-corrected chi connectivity index (χ0v) is 11.6. The maximum atomic E-state index is 5.45. The van der Waals surface area contributed by atoms with Gasteiger partial charge in [0.25, 0.3) is 0 Å². The predicted molar refractivity (Wildman–Crippen MR) is 82.3 cm³/mol. The summed E-state index contributed by atoms with van der Waals surface area (Å²) in [5, 5.41) is 4.46. The highest BCUT2D eigenvalue weighted by atomic mass is 16.3. The number of aromatic nitrogens is 2. The van der Waals surface area contributed by atoms with Gasteiger partial charge in [0.15, 0.2) is 11.6 Å². The lowest BCUT2D eigenvalue weighted by Crippen LogP contribution is -2.44. The van der Waals surface area contributed by atoms with Crippen LogP contribution in [0.1, 0.15) is 0 Å². The Labute approximate surface area is 122 Å². The number of rotatable bonds is 2. The molecule has 106 valence electrons. The second-order valence-corrected chi connectivity index (χ2v) is 5.10. The molecule has 21 heavy (non-hydrogen) atoms. The molecular weight excluding hydrogens is 264 g/mol. The van der Waals surface area contributed by atoms with E-state index in [-0.39, 0.29) is 0 Å². The van der Waals surface area contributed by atoms with Crippen LogP contribution < -0.4 is 10.2 Å². The highest BCUT2D eigenvalue weighted by Gasteiger charge is 2.17. The zero-order valence-electron chi connectivity index (χ0n) is 11.6. The van der Waals surface area contributed by atoms with Crippen LogP contribution in [0.5, 0.6) is 0 Å². The first-order valence-electron chi connectivity index (χ1n) is 7.18. The third-order valence-corrected chi connectivity index (χ3v) is 3.74. The molecule has 4 rings (SSSR count). The molecule has 1 fully saturated rings. The minimum atomic E-state index is 0.646. The highest BCUT2D eigenvalue weighted by Crippen LogP contribution is 2.27. The quantitative estimate of drug-likeness (QED) is 0.780. The molecule has 0 amide bonds. The molecule has 3 heterocycles. The molecular formula is C16H16N4O. The molecule has 1 aliphatic heterocycles. The number of furan rings is 1. The number of hydrogen-bond acceptors (Lipinski definition) is 5. The number of para-hydroxylation sites is 1. The Morgan fingerprint density at radius 3 is 2.67 bits per heavy atom. The Kier molecular flexibility index (Phi) is 3.05. The molecule has 3 aromatic rings. The van der Waals surface area contributed by atoms with Crippen molar-refractivity contribution in [2.75, 3.05) is 31.1 Å². The number of nitrogens with one attached hydrogen (secondary N) is 1. The van der Waals surface area contributed by atoms with E-state index in [1.54, 1.807) is 6.26 Å². The van der Waals surface area contributed by atoms with E-state index in [2.05, 4.69) is 21.3 Å². The van der Waals surface area contributed by atoms with E-state index in [0.29, 0.717) is 11.6 Å². The van der Waals surface area contributed by atoms with Crippen LogP contribution in [0.3, 0.4) is 0 Å².